The smallest absolute Gasteiger partial charge is 0.313 e. The van der Waals surface area contributed by atoms with Crippen LogP contribution in [0.5, 0.6) is 0 Å². The molecule has 0 heterocycles. The Labute approximate surface area is 116 Å². The number of benzene rings is 1. The summed E-state index contributed by atoms with van der Waals surface area (Å²) in [6.45, 7) is 2.07. The molecule has 0 amide bonds. The third kappa shape index (κ3) is 2.19. The number of esters is 1. The molecule has 0 aromatic heterocycles. The predicted octanol–water partition coefficient (Wildman–Crippen LogP) is 2.97. The Hall–Kier alpha value is -0.870. The zero-order valence-electron chi connectivity index (χ0n) is 10.9. The Balaban J connectivity index is 2.40. The molecule has 1 unspecified atom stereocenters. The maximum Gasteiger partial charge on any atom is 0.313 e. The second kappa shape index (κ2) is 5.02. The monoisotopic (exact) mass is 311 g/mol. The van der Waals surface area contributed by atoms with Crippen LogP contribution >= 0.6 is 15.9 Å². The van der Waals surface area contributed by atoms with Gasteiger partial charge < -0.3 is 10.1 Å². The minimum Gasteiger partial charge on any atom is -0.469 e. The molecule has 1 atom stereocenters. The SMILES string of the molecule is CNC(c1cc(Br)ccc1C)C1(C(=O)OC)CC1. The number of nitrogens with one attached hydrogen (secondary N) is 1. The van der Waals surface area contributed by atoms with Crippen molar-refractivity contribution in [3.05, 3.63) is 33.8 Å². The molecular formula is C14H18BrNO2. The number of carbonyl (C=O) groups is 1. The molecule has 1 aliphatic carbocycles. The van der Waals surface area contributed by atoms with Crippen LogP contribution in [-0.2, 0) is 9.53 Å². The minimum atomic E-state index is -0.380. The van der Waals surface area contributed by atoms with Crippen molar-refractivity contribution in [2.75, 3.05) is 14.2 Å². The van der Waals surface area contributed by atoms with Crippen molar-refractivity contribution in [3.8, 4) is 0 Å². The molecule has 18 heavy (non-hydrogen) atoms. The van der Waals surface area contributed by atoms with Gasteiger partial charge in [0.2, 0.25) is 0 Å². The standard InChI is InChI=1S/C14H18BrNO2/c1-9-4-5-10(15)8-11(9)12(16-2)14(6-7-14)13(17)18-3/h4-5,8,12,16H,6-7H2,1-3H3. The molecule has 1 aromatic carbocycles. The topological polar surface area (TPSA) is 38.3 Å². The van der Waals surface area contributed by atoms with Crippen LogP contribution in [0.3, 0.4) is 0 Å². The third-order valence-corrected chi connectivity index (χ3v) is 4.27. The minimum absolute atomic E-state index is 0.0162. The maximum atomic E-state index is 12.0. The summed E-state index contributed by atoms with van der Waals surface area (Å²) in [5.41, 5.74) is 1.97. The number of hydrogen-bond acceptors (Lipinski definition) is 3. The zero-order chi connectivity index (χ0) is 13.3. The van der Waals surface area contributed by atoms with Crippen LogP contribution < -0.4 is 5.32 Å². The Kier molecular flexibility index (Phi) is 3.78. The van der Waals surface area contributed by atoms with E-state index in [0.29, 0.717) is 0 Å². The molecule has 3 nitrogen and oxygen atoms in total. The van der Waals surface area contributed by atoms with E-state index in [4.69, 9.17) is 4.74 Å². The molecule has 2 rings (SSSR count). The molecule has 0 bridgehead atoms. The fourth-order valence-corrected chi connectivity index (χ4v) is 2.98. The molecule has 0 radical (unpaired) electrons. The first-order valence-corrected chi connectivity index (χ1v) is 6.86. The summed E-state index contributed by atoms with van der Waals surface area (Å²) in [4.78, 5) is 12.0. The first-order valence-electron chi connectivity index (χ1n) is 6.07. The van der Waals surface area contributed by atoms with Crippen molar-refractivity contribution in [1.82, 2.24) is 5.32 Å². The Morgan fingerprint density at radius 1 is 1.50 bits per heavy atom. The van der Waals surface area contributed by atoms with E-state index in [2.05, 4.69) is 40.3 Å². The lowest BCUT2D eigenvalue weighted by atomic mass is 9.87. The van der Waals surface area contributed by atoms with Gasteiger partial charge in [0.05, 0.1) is 12.5 Å². The fourth-order valence-electron chi connectivity index (χ4n) is 2.60. The van der Waals surface area contributed by atoms with Gasteiger partial charge in [-0.05, 0) is 50.1 Å². The molecule has 0 spiro atoms. The summed E-state index contributed by atoms with van der Waals surface area (Å²) in [6.07, 6.45) is 1.77. The Morgan fingerprint density at radius 2 is 2.17 bits per heavy atom. The Morgan fingerprint density at radius 3 is 2.67 bits per heavy atom. The van der Waals surface area contributed by atoms with Crippen molar-refractivity contribution in [3.63, 3.8) is 0 Å². The second-order valence-electron chi connectivity index (χ2n) is 4.87. The lowest BCUT2D eigenvalue weighted by Gasteiger charge is -2.26. The maximum absolute atomic E-state index is 12.0. The van der Waals surface area contributed by atoms with Crippen LogP contribution in [0.4, 0.5) is 0 Å². The van der Waals surface area contributed by atoms with Gasteiger partial charge in [-0.3, -0.25) is 4.79 Å². The molecule has 1 N–H and O–H groups in total. The van der Waals surface area contributed by atoms with Crippen molar-refractivity contribution < 1.29 is 9.53 Å². The highest BCUT2D eigenvalue weighted by atomic mass is 79.9. The number of methoxy groups -OCH3 is 1. The van der Waals surface area contributed by atoms with E-state index in [0.717, 1.165) is 22.9 Å². The number of aryl methyl sites for hydroxylation is 1. The number of hydrogen-bond donors (Lipinski definition) is 1. The molecule has 1 saturated carbocycles. The fraction of sp³-hybridized carbons (Fsp3) is 0.500. The van der Waals surface area contributed by atoms with Crippen LogP contribution in [0.25, 0.3) is 0 Å². The van der Waals surface area contributed by atoms with Crippen LogP contribution in [0.1, 0.15) is 30.0 Å². The number of rotatable bonds is 4. The molecule has 0 aliphatic heterocycles. The molecular weight excluding hydrogens is 294 g/mol. The van der Waals surface area contributed by atoms with Gasteiger partial charge in [-0.15, -0.1) is 0 Å². The van der Waals surface area contributed by atoms with E-state index in [1.54, 1.807) is 0 Å². The van der Waals surface area contributed by atoms with Crippen LogP contribution in [0, 0.1) is 12.3 Å². The van der Waals surface area contributed by atoms with Gasteiger partial charge in [0.1, 0.15) is 0 Å². The highest BCUT2D eigenvalue weighted by molar-refractivity contribution is 9.10. The summed E-state index contributed by atoms with van der Waals surface area (Å²) < 4.78 is 5.99. The molecule has 4 heteroatoms. The first-order chi connectivity index (χ1) is 8.55. The van der Waals surface area contributed by atoms with E-state index in [1.165, 1.54) is 12.7 Å². The van der Waals surface area contributed by atoms with E-state index in [1.807, 2.05) is 13.1 Å². The lowest BCUT2D eigenvalue weighted by molar-refractivity contribution is -0.148. The Bertz CT molecular complexity index is 469. The van der Waals surface area contributed by atoms with E-state index in [9.17, 15) is 4.79 Å². The molecule has 1 aliphatic rings. The van der Waals surface area contributed by atoms with Gasteiger partial charge in [0, 0.05) is 10.5 Å². The van der Waals surface area contributed by atoms with Gasteiger partial charge in [-0.1, -0.05) is 22.0 Å². The summed E-state index contributed by atoms with van der Waals surface area (Å²) in [7, 11) is 3.36. The average molecular weight is 312 g/mol. The summed E-state index contributed by atoms with van der Waals surface area (Å²) in [5.74, 6) is -0.110. The van der Waals surface area contributed by atoms with Crippen molar-refractivity contribution in [1.29, 1.82) is 0 Å². The van der Waals surface area contributed by atoms with Crippen LogP contribution in [0.2, 0.25) is 0 Å². The summed E-state index contributed by atoms with van der Waals surface area (Å²) in [6, 6.07) is 6.18. The highest BCUT2D eigenvalue weighted by Crippen LogP contribution is 2.56. The van der Waals surface area contributed by atoms with Gasteiger partial charge in [0.15, 0.2) is 0 Å². The number of halogens is 1. The quantitative estimate of drug-likeness (QED) is 0.869. The van der Waals surface area contributed by atoms with Crippen molar-refractivity contribution in [2.24, 2.45) is 5.41 Å². The van der Waals surface area contributed by atoms with Gasteiger partial charge in [0.25, 0.3) is 0 Å². The average Bonchev–Trinajstić information content (AvgIpc) is 3.15. The highest BCUT2D eigenvalue weighted by Gasteiger charge is 2.57. The number of ether oxygens (including phenoxy) is 1. The van der Waals surface area contributed by atoms with E-state index in [-0.39, 0.29) is 17.4 Å². The second-order valence-corrected chi connectivity index (χ2v) is 5.79. The number of carbonyl (C=O) groups excluding carboxylic acids is 1. The summed E-state index contributed by atoms with van der Waals surface area (Å²) in [5, 5.41) is 3.28. The van der Waals surface area contributed by atoms with Crippen LogP contribution in [0.15, 0.2) is 22.7 Å². The zero-order valence-corrected chi connectivity index (χ0v) is 12.5. The molecule has 1 aromatic rings. The molecule has 1 fully saturated rings. The lowest BCUT2D eigenvalue weighted by Crippen LogP contribution is -2.33. The predicted molar refractivity (Wildman–Crippen MR) is 74.4 cm³/mol. The van der Waals surface area contributed by atoms with E-state index >= 15 is 0 Å². The van der Waals surface area contributed by atoms with E-state index < -0.39 is 0 Å². The van der Waals surface area contributed by atoms with Crippen molar-refractivity contribution in [2.45, 2.75) is 25.8 Å². The van der Waals surface area contributed by atoms with Gasteiger partial charge >= 0.3 is 5.97 Å². The molecule has 0 saturated heterocycles. The largest absolute Gasteiger partial charge is 0.469 e. The van der Waals surface area contributed by atoms with Gasteiger partial charge in [-0.2, -0.15) is 0 Å². The normalized spacial score (nSPS) is 18.2. The van der Waals surface area contributed by atoms with Gasteiger partial charge in [-0.25, -0.2) is 0 Å². The van der Waals surface area contributed by atoms with Crippen LogP contribution in [-0.4, -0.2) is 20.1 Å². The third-order valence-electron chi connectivity index (χ3n) is 3.77. The molecule has 98 valence electrons. The summed E-state index contributed by atoms with van der Waals surface area (Å²) >= 11 is 3.49. The van der Waals surface area contributed by atoms with Crippen molar-refractivity contribution >= 4 is 21.9 Å². The first kappa shape index (κ1) is 13.6.